The van der Waals surface area contributed by atoms with Gasteiger partial charge in [0.15, 0.2) is 6.61 Å². The van der Waals surface area contributed by atoms with Crippen LogP contribution in [0.4, 0.5) is 11.4 Å². The highest BCUT2D eigenvalue weighted by Crippen LogP contribution is 2.23. The molecule has 29 heavy (non-hydrogen) atoms. The number of carbonyl (C=O) groups is 2. The predicted molar refractivity (Wildman–Crippen MR) is 118 cm³/mol. The number of ether oxygens (including phenoxy) is 1. The Labute approximate surface area is 178 Å². The van der Waals surface area contributed by atoms with Crippen LogP contribution in [0, 0.1) is 0 Å². The van der Waals surface area contributed by atoms with Crippen molar-refractivity contribution in [3.05, 3.63) is 83.9 Å². The molecule has 0 aliphatic rings. The van der Waals surface area contributed by atoms with E-state index in [1.807, 2.05) is 36.4 Å². The summed E-state index contributed by atoms with van der Waals surface area (Å²) in [6, 6.07) is 23.5. The molecule has 3 rings (SSSR count). The molecule has 2 N–H and O–H groups in total. The van der Waals surface area contributed by atoms with E-state index in [0.717, 1.165) is 4.90 Å². The molecule has 0 heterocycles. The summed E-state index contributed by atoms with van der Waals surface area (Å²) >= 11 is 7.43. The third-order valence-corrected chi connectivity index (χ3v) is 5.11. The maximum Gasteiger partial charge on any atom is 0.262 e. The first kappa shape index (κ1) is 20.8. The fourth-order valence-corrected chi connectivity index (χ4v) is 3.28. The van der Waals surface area contributed by atoms with Gasteiger partial charge in [-0.25, -0.2) is 0 Å². The zero-order chi connectivity index (χ0) is 20.5. The summed E-state index contributed by atoms with van der Waals surface area (Å²) in [7, 11) is 0. The number of amides is 2. The second kappa shape index (κ2) is 10.5. The Morgan fingerprint density at radius 3 is 2.24 bits per heavy atom. The van der Waals surface area contributed by atoms with Gasteiger partial charge in [-0.15, -0.1) is 11.8 Å². The van der Waals surface area contributed by atoms with E-state index in [1.165, 1.54) is 11.8 Å². The summed E-state index contributed by atoms with van der Waals surface area (Å²) in [6.45, 7) is -0.0667. The minimum atomic E-state index is -0.242. The summed E-state index contributed by atoms with van der Waals surface area (Å²) in [6.07, 6.45) is 0. The van der Waals surface area contributed by atoms with Crippen LogP contribution in [0.5, 0.6) is 5.75 Å². The van der Waals surface area contributed by atoms with Crippen molar-refractivity contribution in [3.8, 4) is 5.75 Å². The number of anilines is 2. The summed E-state index contributed by atoms with van der Waals surface area (Å²) in [5, 5.41) is 6.06. The number of carbonyl (C=O) groups excluding carboxylic acids is 2. The number of benzene rings is 3. The van der Waals surface area contributed by atoms with Gasteiger partial charge >= 0.3 is 0 Å². The number of hydrogen-bond donors (Lipinski definition) is 2. The molecule has 0 saturated heterocycles. The highest BCUT2D eigenvalue weighted by molar-refractivity contribution is 8.00. The van der Waals surface area contributed by atoms with Gasteiger partial charge in [-0.05, 0) is 48.5 Å². The van der Waals surface area contributed by atoms with Gasteiger partial charge in [0, 0.05) is 10.6 Å². The molecule has 0 aliphatic carbocycles. The number of hydrogen-bond acceptors (Lipinski definition) is 4. The summed E-state index contributed by atoms with van der Waals surface area (Å²) in [5.41, 5.74) is 1.26. The highest BCUT2D eigenvalue weighted by Gasteiger charge is 2.07. The average molecular weight is 427 g/mol. The maximum absolute atomic E-state index is 12.1. The molecule has 0 radical (unpaired) electrons. The van der Waals surface area contributed by atoms with Crippen LogP contribution in [0.2, 0.25) is 5.02 Å². The Morgan fingerprint density at radius 1 is 0.828 bits per heavy atom. The fraction of sp³-hybridized carbons (Fsp3) is 0.0909. The normalized spacial score (nSPS) is 10.2. The first-order chi connectivity index (χ1) is 14.1. The lowest BCUT2D eigenvalue weighted by molar-refractivity contribution is -0.118. The maximum atomic E-state index is 12.1. The standard InChI is InChI=1S/C22H19ClN2O3S/c23-19-8-4-5-9-20(19)25-22(27)15-29-18-12-10-16(11-13-18)24-21(26)14-28-17-6-2-1-3-7-17/h1-13H,14-15H2,(H,24,26)(H,25,27). The largest absolute Gasteiger partial charge is 0.484 e. The topological polar surface area (TPSA) is 67.4 Å². The molecule has 7 heteroatoms. The van der Waals surface area contributed by atoms with E-state index in [9.17, 15) is 9.59 Å². The first-order valence-corrected chi connectivity index (χ1v) is 10.2. The van der Waals surface area contributed by atoms with Gasteiger partial charge < -0.3 is 15.4 Å². The van der Waals surface area contributed by atoms with Crippen molar-refractivity contribution in [2.45, 2.75) is 4.90 Å². The van der Waals surface area contributed by atoms with Crippen LogP contribution in [-0.2, 0) is 9.59 Å². The lowest BCUT2D eigenvalue weighted by Crippen LogP contribution is -2.20. The van der Waals surface area contributed by atoms with Crippen molar-refractivity contribution in [1.29, 1.82) is 0 Å². The van der Waals surface area contributed by atoms with Crippen LogP contribution in [0.15, 0.2) is 83.8 Å². The predicted octanol–water partition coefficient (Wildman–Crippen LogP) is 5.09. The van der Waals surface area contributed by atoms with Crippen molar-refractivity contribution in [1.82, 2.24) is 0 Å². The molecule has 3 aromatic carbocycles. The molecule has 0 spiro atoms. The van der Waals surface area contributed by atoms with Crippen molar-refractivity contribution >= 4 is 46.6 Å². The second-order valence-electron chi connectivity index (χ2n) is 5.99. The zero-order valence-corrected chi connectivity index (χ0v) is 17.0. The van der Waals surface area contributed by atoms with Crippen molar-refractivity contribution < 1.29 is 14.3 Å². The molecule has 0 aliphatic heterocycles. The van der Waals surface area contributed by atoms with Gasteiger partial charge in [0.05, 0.1) is 16.5 Å². The van der Waals surface area contributed by atoms with E-state index in [0.29, 0.717) is 22.1 Å². The Hall–Kier alpha value is -2.96. The number of halogens is 1. The third kappa shape index (κ3) is 6.85. The SMILES string of the molecule is O=C(COc1ccccc1)Nc1ccc(SCC(=O)Nc2ccccc2Cl)cc1. The van der Waals surface area contributed by atoms with Gasteiger partial charge in [0.1, 0.15) is 5.75 Å². The molecule has 0 aromatic heterocycles. The van der Waals surface area contributed by atoms with Gasteiger partial charge in [-0.2, -0.15) is 0 Å². The average Bonchev–Trinajstić information content (AvgIpc) is 2.74. The zero-order valence-electron chi connectivity index (χ0n) is 15.4. The van der Waals surface area contributed by atoms with Gasteiger partial charge in [0.25, 0.3) is 5.91 Å². The van der Waals surface area contributed by atoms with Crippen LogP contribution in [0.1, 0.15) is 0 Å². The molecular formula is C22H19ClN2O3S. The molecule has 0 fully saturated rings. The minimum absolute atomic E-state index is 0.0667. The van der Waals surface area contributed by atoms with E-state index in [-0.39, 0.29) is 24.2 Å². The molecule has 2 amide bonds. The van der Waals surface area contributed by atoms with E-state index in [1.54, 1.807) is 42.5 Å². The fourth-order valence-electron chi connectivity index (χ4n) is 2.39. The number of rotatable bonds is 8. The molecule has 3 aromatic rings. The van der Waals surface area contributed by atoms with Crippen molar-refractivity contribution in [2.24, 2.45) is 0 Å². The van der Waals surface area contributed by atoms with Crippen LogP contribution in [-0.4, -0.2) is 24.2 Å². The molecule has 0 saturated carbocycles. The van der Waals surface area contributed by atoms with E-state index in [2.05, 4.69) is 10.6 Å². The molecule has 0 atom stereocenters. The Morgan fingerprint density at radius 2 is 1.52 bits per heavy atom. The summed E-state index contributed by atoms with van der Waals surface area (Å²) in [4.78, 5) is 25.0. The molecule has 148 valence electrons. The number of para-hydroxylation sites is 2. The lowest BCUT2D eigenvalue weighted by Gasteiger charge is -2.09. The lowest BCUT2D eigenvalue weighted by atomic mass is 10.3. The Balaban J connectivity index is 1.43. The summed E-state index contributed by atoms with van der Waals surface area (Å²) in [5.74, 6) is 0.512. The molecule has 5 nitrogen and oxygen atoms in total. The van der Waals surface area contributed by atoms with Gasteiger partial charge in [-0.3, -0.25) is 9.59 Å². The van der Waals surface area contributed by atoms with Crippen LogP contribution in [0.25, 0.3) is 0 Å². The highest BCUT2D eigenvalue weighted by atomic mass is 35.5. The van der Waals surface area contributed by atoms with E-state index >= 15 is 0 Å². The van der Waals surface area contributed by atoms with Gasteiger partial charge in [-0.1, -0.05) is 41.9 Å². The number of nitrogens with one attached hydrogen (secondary N) is 2. The van der Waals surface area contributed by atoms with Crippen molar-refractivity contribution in [3.63, 3.8) is 0 Å². The molecule has 0 unspecified atom stereocenters. The Kier molecular flexibility index (Phi) is 7.55. The summed E-state index contributed by atoms with van der Waals surface area (Å²) < 4.78 is 5.42. The molecular weight excluding hydrogens is 408 g/mol. The van der Waals surface area contributed by atoms with Crippen LogP contribution in [0.3, 0.4) is 0 Å². The Bertz CT molecular complexity index is 965. The third-order valence-electron chi connectivity index (χ3n) is 3.77. The second-order valence-corrected chi connectivity index (χ2v) is 7.45. The smallest absolute Gasteiger partial charge is 0.262 e. The first-order valence-electron chi connectivity index (χ1n) is 8.85. The monoisotopic (exact) mass is 426 g/mol. The van der Waals surface area contributed by atoms with Crippen molar-refractivity contribution in [2.75, 3.05) is 23.0 Å². The van der Waals surface area contributed by atoms with Crippen LogP contribution >= 0.6 is 23.4 Å². The minimum Gasteiger partial charge on any atom is -0.484 e. The van der Waals surface area contributed by atoms with Gasteiger partial charge in [0.2, 0.25) is 5.91 Å². The quantitative estimate of drug-likeness (QED) is 0.492. The van der Waals surface area contributed by atoms with E-state index in [4.69, 9.17) is 16.3 Å². The van der Waals surface area contributed by atoms with Crippen LogP contribution < -0.4 is 15.4 Å². The molecule has 0 bridgehead atoms. The van der Waals surface area contributed by atoms with E-state index < -0.39 is 0 Å². The number of thioether (sulfide) groups is 1.